The standard InChI is InChI=1S/C12H15N3O2S/c1-9(16)18-5-3-2-4-10-6-11(8-14-7-10)12(17)15-13/h2,4,6-8H,3,5,13H2,1H3,(H,15,17). The zero-order valence-electron chi connectivity index (χ0n) is 10.1. The molecule has 0 bridgehead atoms. The van der Waals surface area contributed by atoms with Gasteiger partial charge in [-0.1, -0.05) is 23.9 Å². The van der Waals surface area contributed by atoms with Crippen molar-refractivity contribution in [2.24, 2.45) is 5.84 Å². The number of nitrogens with zero attached hydrogens (tertiary/aromatic N) is 1. The molecule has 0 saturated carbocycles. The summed E-state index contributed by atoms with van der Waals surface area (Å²) in [4.78, 5) is 25.9. The van der Waals surface area contributed by atoms with Crippen molar-refractivity contribution in [3.63, 3.8) is 0 Å². The first-order valence-corrected chi connectivity index (χ1v) is 6.38. The first-order valence-electron chi connectivity index (χ1n) is 5.39. The van der Waals surface area contributed by atoms with Crippen LogP contribution in [0.1, 0.15) is 29.3 Å². The molecule has 96 valence electrons. The van der Waals surface area contributed by atoms with E-state index in [1.807, 2.05) is 12.2 Å². The fourth-order valence-corrected chi connectivity index (χ4v) is 1.79. The van der Waals surface area contributed by atoms with Crippen molar-refractivity contribution in [1.29, 1.82) is 0 Å². The highest BCUT2D eigenvalue weighted by Gasteiger charge is 2.03. The first-order chi connectivity index (χ1) is 8.63. The molecule has 0 saturated heterocycles. The van der Waals surface area contributed by atoms with Crippen LogP contribution in [-0.2, 0) is 4.79 Å². The Morgan fingerprint density at radius 1 is 1.50 bits per heavy atom. The maximum Gasteiger partial charge on any atom is 0.266 e. The number of hydrogen-bond donors (Lipinski definition) is 2. The summed E-state index contributed by atoms with van der Waals surface area (Å²) in [5.41, 5.74) is 3.29. The van der Waals surface area contributed by atoms with E-state index in [1.165, 1.54) is 18.0 Å². The molecule has 1 rings (SSSR count). The summed E-state index contributed by atoms with van der Waals surface area (Å²) in [6, 6.07) is 1.70. The summed E-state index contributed by atoms with van der Waals surface area (Å²) >= 11 is 1.29. The lowest BCUT2D eigenvalue weighted by Crippen LogP contribution is -2.30. The van der Waals surface area contributed by atoms with Gasteiger partial charge in [-0.05, 0) is 18.1 Å². The quantitative estimate of drug-likeness (QED) is 0.363. The zero-order valence-corrected chi connectivity index (χ0v) is 10.9. The SMILES string of the molecule is CC(=O)SCCC=Cc1cncc(C(=O)NN)c1. The van der Waals surface area contributed by atoms with Gasteiger partial charge in [-0.2, -0.15) is 0 Å². The van der Waals surface area contributed by atoms with Gasteiger partial charge in [0.25, 0.3) is 5.91 Å². The number of hydrazine groups is 1. The molecule has 0 aromatic carbocycles. The van der Waals surface area contributed by atoms with Gasteiger partial charge >= 0.3 is 0 Å². The molecule has 6 heteroatoms. The van der Waals surface area contributed by atoms with Gasteiger partial charge in [0.15, 0.2) is 5.12 Å². The number of carbonyl (C=O) groups is 2. The smallest absolute Gasteiger partial charge is 0.266 e. The highest BCUT2D eigenvalue weighted by molar-refractivity contribution is 8.13. The van der Waals surface area contributed by atoms with E-state index in [1.54, 1.807) is 19.2 Å². The van der Waals surface area contributed by atoms with E-state index in [9.17, 15) is 9.59 Å². The molecule has 0 aliphatic carbocycles. The molecule has 1 amide bonds. The lowest BCUT2D eigenvalue weighted by atomic mass is 10.2. The summed E-state index contributed by atoms with van der Waals surface area (Å²) in [5.74, 6) is 5.42. The van der Waals surface area contributed by atoms with E-state index < -0.39 is 0 Å². The molecule has 1 aromatic heterocycles. The molecule has 1 heterocycles. The van der Waals surface area contributed by atoms with Gasteiger partial charge in [-0.3, -0.25) is 20.0 Å². The molecular formula is C12H15N3O2S. The normalized spacial score (nSPS) is 10.6. The number of aromatic nitrogens is 1. The average Bonchev–Trinajstić information content (AvgIpc) is 2.37. The van der Waals surface area contributed by atoms with Crippen LogP contribution in [0.3, 0.4) is 0 Å². The Labute approximate surface area is 110 Å². The Kier molecular flexibility index (Phi) is 6.10. The summed E-state index contributed by atoms with van der Waals surface area (Å²) in [5, 5.41) is 0.117. The first kappa shape index (κ1) is 14.4. The highest BCUT2D eigenvalue weighted by Crippen LogP contribution is 2.08. The Morgan fingerprint density at radius 3 is 2.94 bits per heavy atom. The predicted octanol–water partition coefficient (Wildman–Crippen LogP) is 1.37. The van der Waals surface area contributed by atoms with E-state index in [0.29, 0.717) is 5.56 Å². The largest absolute Gasteiger partial charge is 0.290 e. The lowest BCUT2D eigenvalue weighted by molar-refractivity contribution is -0.109. The fraction of sp³-hybridized carbons (Fsp3) is 0.250. The number of amides is 1. The lowest BCUT2D eigenvalue weighted by Gasteiger charge is -1.99. The number of rotatable bonds is 5. The van der Waals surface area contributed by atoms with Crippen molar-refractivity contribution in [2.75, 3.05) is 5.75 Å². The Bertz CT molecular complexity index is 460. The minimum Gasteiger partial charge on any atom is -0.290 e. The second-order valence-corrected chi connectivity index (χ2v) is 4.78. The number of nitrogen functional groups attached to an aromatic ring is 1. The van der Waals surface area contributed by atoms with Crippen molar-refractivity contribution in [3.8, 4) is 0 Å². The Balaban J connectivity index is 2.54. The second kappa shape index (κ2) is 7.62. The zero-order chi connectivity index (χ0) is 13.4. The fourth-order valence-electron chi connectivity index (χ4n) is 1.25. The molecule has 5 nitrogen and oxygen atoms in total. The molecule has 1 aromatic rings. The van der Waals surface area contributed by atoms with Crippen LogP contribution in [-0.4, -0.2) is 21.8 Å². The number of nitrogens with one attached hydrogen (secondary N) is 1. The van der Waals surface area contributed by atoms with Crippen molar-refractivity contribution in [1.82, 2.24) is 10.4 Å². The van der Waals surface area contributed by atoms with Crippen LogP contribution >= 0.6 is 11.8 Å². The number of carbonyl (C=O) groups excluding carboxylic acids is 2. The van der Waals surface area contributed by atoms with Gasteiger partial charge in [-0.25, -0.2) is 5.84 Å². The van der Waals surface area contributed by atoms with E-state index in [-0.39, 0.29) is 11.0 Å². The molecular weight excluding hydrogens is 250 g/mol. The molecule has 18 heavy (non-hydrogen) atoms. The maximum absolute atomic E-state index is 11.3. The van der Waals surface area contributed by atoms with Crippen LogP contribution in [0.5, 0.6) is 0 Å². The molecule has 0 aliphatic rings. The summed E-state index contributed by atoms with van der Waals surface area (Å²) < 4.78 is 0. The van der Waals surface area contributed by atoms with E-state index in [4.69, 9.17) is 5.84 Å². The molecule has 0 fully saturated rings. The predicted molar refractivity (Wildman–Crippen MR) is 72.7 cm³/mol. The third-order valence-corrected chi connectivity index (χ3v) is 2.90. The number of nitrogens with two attached hydrogens (primary N) is 1. The average molecular weight is 265 g/mol. The van der Waals surface area contributed by atoms with Crippen molar-refractivity contribution >= 4 is 28.9 Å². The van der Waals surface area contributed by atoms with E-state index in [0.717, 1.165) is 17.7 Å². The van der Waals surface area contributed by atoms with Crippen LogP contribution < -0.4 is 11.3 Å². The maximum atomic E-state index is 11.3. The summed E-state index contributed by atoms with van der Waals surface area (Å²) in [7, 11) is 0. The van der Waals surface area contributed by atoms with Gasteiger partial charge in [0, 0.05) is 25.1 Å². The van der Waals surface area contributed by atoms with Crippen LogP contribution in [0, 0.1) is 0 Å². The van der Waals surface area contributed by atoms with Crippen molar-refractivity contribution in [2.45, 2.75) is 13.3 Å². The third-order valence-electron chi connectivity index (χ3n) is 2.05. The number of pyridine rings is 1. The molecule has 0 unspecified atom stereocenters. The highest BCUT2D eigenvalue weighted by atomic mass is 32.2. The van der Waals surface area contributed by atoms with Gasteiger partial charge in [-0.15, -0.1) is 0 Å². The van der Waals surface area contributed by atoms with E-state index in [2.05, 4.69) is 10.4 Å². The van der Waals surface area contributed by atoms with Gasteiger partial charge in [0.2, 0.25) is 0 Å². The minimum atomic E-state index is -0.370. The van der Waals surface area contributed by atoms with Crippen LogP contribution in [0.25, 0.3) is 6.08 Å². The summed E-state index contributed by atoms with van der Waals surface area (Å²) in [6.07, 6.45) is 7.70. The van der Waals surface area contributed by atoms with Gasteiger partial charge in [0.05, 0.1) is 5.56 Å². The van der Waals surface area contributed by atoms with Crippen LogP contribution in [0.15, 0.2) is 24.5 Å². The number of allylic oxidation sites excluding steroid dienone is 1. The number of hydrogen-bond acceptors (Lipinski definition) is 5. The Hall–Kier alpha value is -1.66. The topological polar surface area (TPSA) is 85.1 Å². The molecule has 0 aliphatic heterocycles. The second-order valence-electron chi connectivity index (χ2n) is 3.51. The van der Waals surface area contributed by atoms with Crippen LogP contribution in [0.4, 0.5) is 0 Å². The Morgan fingerprint density at radius 2 is 2.28 bits per heavy atom. The monoisotopic (exact) mass is 265 g/mol. The molecule has 3 N–H and O–H groups in total. The van der Waals surface area contributed by atoms with Gasteiger partial charge in [0.1, 0.15) is 0 Å². The molecule has 0 radical (unpaired) electrons. The number of thioether (sulfide) groups is 1. The van der Waals surface area contributed by atoms with Crippen molar-refractivity contribution < 1.29 is 9.59 Å². The summed E-state index contributed by atoms with van der Waals surface area (Å²) in [6.45, 7) is 1.55. The van der Waals surface area contributed by atoms with E-state index >= 15 is 0 Å². The molecule has 0 spiro atoms. The van der Waals surface area contributed by atoms with Crippen LogP contribution in [0.2, 0.25) is 0 Å². The van der Waals surface area contributed by atoms with Crippen molar-refractivity contribution in [3.05, 3.63) is 35.7 Å². The third kappa shape index (κ3) is 5.11. The molecule has 0 atom stereocenters. The minimum absolute atomic E-state index is 0.117. The van der Waals surface area contributed by atoms with Gasteiger partial charge < -0.3 is 0 Å².